The first-order valence-corrected chi connectivity index (χ1v) is 7.85. The van der Waals surface area contributed by atoms with Gasteiger partial charge in [-0.3, -0.25) is 9.97 Å². The summed E-state index contributed by atoms with van der Waals surface area (Å²) in [6.07, 6.45) is 9.19. The highest BCUT2D eigenvalue weighted by Crippen LogP contribution is 2.29. The minimum atomic E-state index is -0.472. The summed E-state index contributed by atoms with van der Waals surface area (Å²) in [5.41, 5.74) is 0.361. The average molecular weight is 306 g/mol. The van der Waals surface area contributed by atoms with Gasteiger partial charge < -0.3 is 15.4 Å². The highest BCUT2D eigenvalue weighted by Gasteiger charge is 2.34. The number of nitrogens with zero attached hydrogens (tertiary/aromatic N) is 2. The average Bonchev–Trinajstić information content (AvgIpc) is 2.92. The molecule has 0 radical (unpaired) electrons. The number of carbonyl (C=O) groups excluding carboxylic acids is 1. The van der Waals surface area contributed by atoms with Gasteiger partial charge >= 0.3 is 6.09 Å². The lowest BCUT2D eigenvalue weighted by atomic mass is 9.97. The minimum Gasteiger partial charge on any atom is -0.444 e. The van der Waals surface area contributed by atoms with E-state index >= 15 is 0 Å². The van der Waals surface area contributed by atoms with E-state index in [2.05, 4.69) is 20.6 Å². The van der Waals surface area contributed by atoms with Crippen LogP contribution in [0, 0.1) is 0 Å². The van der Waals surface area contributed by atoms with Gasteiger partial charge in [-0.25, -0.2) is 4.79 Å². The molecule has 1 aromatic rings. The lowest BCUT2D eigenvalue weighted by Gasteiger charge is -2.31. The van der Waals surface area contributed by atoms with Crippen LogP contribution in [-0.4, -0.2) is 33.7 Å². The van der Waals surface area contributed by atoms with Crippen molar-refractivity contribution in [3.63, 3.8) is 0 Å². The third kappa shape index (κ3) is 5.26. The van der Waals surface area contributed by atoms with Crippen molar-refractivity contribution in [2.75, 3.05) is 6.54 Å². The summed E-state index contributed by atoms with van der Waals surface area (Å²) in [6.45, 7) is 6.82. The van der Waals surface area contributed by atoms with Crippen molar-refractivity contribution in [3.8, 4) is 0 Å². The van der Waals surface area contributed by atoms with E-state index in [4.69, 9.17) is 4.74 Å². The van der Waals surface area contributed by atoms with Crippen LogP contribution in [0.15, 0.2) is 18.6 Å². The predicted octanol–water partition coefficient (Wildman–Crippen LogP) is 2.40. The van der Waals surface area contributed by atoms with Crippen molar-refractivity contribution in [2.45, 2.75) is 64.1 Å². The first-order chi connectivity index (χ1) is 10.4. The fourth-order valence-electron chi connectivity index (χ4n) is 2.72. The number of nitrogens with one attached hydrogen (secondary N) is 2. The number of aromatic nitrogens is 2. The monoisotopic (exact) mass is 306 g/mol. The third-order valence-electron chi connectivity index (χ3n) is 3.79. The van der Waals surface area contributed by atoms with Crippen LogP contribution >= 0.6 is 0 Å². The molecule has 1 saturated carbocycles. The Morgan fingerprint density at radius 3 is 2.64 bits per heavy atom. The van der Waals surface area contributed by atoms with Crippen molar-refractivity contribution in [1.82, 2.24) is 20.6 Å². The SMILES string of the molecule is CC(C)(C)OC(=O)NCC1(NCc2cnccn2)CCCC1. The zero-order valence-corrected chi connectivity index (χ0v) is 13.7. The van der Waals surface area contributed by atoms with Crippen molar-refractivity contribution in [2.24, 2.45) is 0 Å². The molecule has 0 saturated heterocycles. The summed E-state index contributed by atoms with van der Waals surface area (Å²) < 4.78 is 5.31. The third-order valence-corrected chi connectivity index (χ3v) is 3.79. The number of rotatable bonds is 5. The van der Waals surface area contributed by atoms with Gasteiger partial charge in [-0.2, -0.15) is 0 Å². The Balaban J connectivity index is 1.87. The van der Waals surface area contributed by atoms with Gasteiger partial charge in [0.1, 0.15) is 5.60 Å². The molecule has 6 nitrogen and oxygen atoms in total. The molecule has 0 spiro atoms. The molecule has 2 rings (SSSR count). The molecule has 22 heavy (non-hydrogen) atoms. The van der Waals surface area contributed by atoms with E-state index < -0.39 is 5.60 Å². The fraction of sp³-hybridized carbons (Fsp3) is 0.688. The maximum Gasteiger partial charge on any atom is 0.407 e. The standard InChI is InChI=1S/C16H26N4O2/c1-15(2,3)22-14(21)19-12-16(6-4-5-7-16)20-11-13-10-17-8-9-18-13/h8-10,20H,4-7,11-12H2,1-3H3,(H,19,21). The molecule has 1 aliphatic carbocycles. The van der Waals surface area contributed by atoms with Crippen LogP contribution in [0.3, 0.4) is 0 Å². The Labute approximate surface area is 132 Å². The van der Waals surface area contributed by atoms with Gasteiger partial charge in [-0.05, 0) is 33.6 Å². The molecule has 1 amide bonds. The van der Waals surface area contributed by atoms with Crippen LogP contribution in [0.1, 0.15) is 52.1 Å². The van der Waals surface area contributed by atoms with Crippen molar-refractivity contribution in [1.29, 1.82) is 0 Å². The van der Waals surface area contributed by atoms with Crippen LogP contribution in [0.5, 0.6) is 0 Å². The van der Waals surface area contributed by atoms with Crippen LogP contribution in [-0.2, 0) is 11.3 Å². The molecule has 1 aromatic heterocycles. The molecule has 0 aromatic carbocycles. The molecule has 0 bridgehead atoms. The van der Waals surface area contributed by atoms with Crippen LogP contribution < -0.4 is 10.6 Å². The van der Waals surface area contributed by atoms with Gasteiger partial charge in [0.15, 0.2) is 0 Å². The van der Waals surface area contributed by atoms with E-state index in [-0.39, 0.29) is 11.6 Å². The van der Waals surface area contributed by atoms with E-state index in [0.29, 0.717) is 13.1 Å². The molecule has 6 heteroatoms. The molecular weight excluding hydrogens is 280 g/mol. The molecular formula is C16H26N4O2. The number of carbonyl (C=O) groups is 1. The van der Waals surface area contributed by atoms with Crippen LogP contribution in [0.25, 0.3) is 0 Å². The molecule has 1 heterocycles. The molecule has 1 fully saturated rings. The fourth-order valence-corrected chi connectivity index (χ4v) is 2.72. The molecule has 2 N–H and O–H groups in total. The topological polar surface area (TPSA) is 76.1 Å². The first-order valence-electron chi connectivity index (χ1n) is 7.85. The normalized spacial score (nSPS) is 17.2. The quantitative estimate of drug-likeness (QED) is 0.873. The number of ether oxygens (including phenoxy) is 1. The molecule has 0 unspecified atom stereocenters. The number of hydrogen-bond acceptors (Lipinski definition) is 5. The van der Waals surface area contributed by atoms with Crippen molar-refractivity contribution < 1.29 is 9.53 Å². The summed E-state index contributed by atoms with van der Waals surface area (Å²) in [7, 11) is 0. The second-order valence-corrected chi connectivity index (χ2v) is 6.89. The number of amides is 1. The van der Waals surface area contributed by atoms with Crippen molar-refractivity contribution >= 4 is 6.09 Å². The van der Waals surface area contributed by atoms with E-state index in [1.165, 1.54) is 12.8 Å². The van der Waals surface area contributed by atoms with Crippen LogP contribution in [0.2, 0.25) is 0 Å². The lowest BCUT2D eigenvalue weighted by molar-refractivity contribution is 0.0509. The largest absolute Gasteiger partial charge is 0.444 e. The number of alkyl carbamates (subject to hydrolysis) is 1. The Hall–Kier alpha value is -1.69. The summed E-state index contributed by atoms with van der Waals surface area (Å²) in [4.78, 5) is 20.2. The summed E-state index contributed by atoms with van der Waals surface area (Å²) in [6, 6.07) is 0. The second-order valence-electron chi connectivity index (χ2n) is 6.89. The van der Waals surface area contributed by atoms with Gasteiger partial charge in [0.25, 0.3) is 0 Å². The zero-order chi connectivity index (χ0) is 16.1. The first kappa shape index (κ1) is 16.7. The second kappa shape index (κ2) is 7.05. The molecule has 1 aliphatic rings. The van der Waals surface area contributed by atoms with Gasteiger partial charge in [-0.15, -0.1) is 0 Å². The summed E-state index contributed by atoms with van der Waals surface area (Å²) in [5, 5.41) is 6.46. The Morgan fingerprint density at radius 2 is 2.05 bits per heavy atom. The molecule has 0 atom stereocenters. The smallest absolute Gasteiger partial charge is 0.407 e. The zero-order valence-electron chi connectivity index (χ0n) is 13.7. The Morgan fingerprint density at radius 1 is 1.32 bits per heavy atom. The van der Waals surface area contributed by atoms with E-state index in [1.54, 1.807) is 18.6 Å². The van der Waals surface area contributed by atoms with E-state index in [1.807, 2.05) is 20.8 Å². The molecule has 0 aliphatic heterocycles. The Kier molecular flexibility index (Phi) is 5.34. The minimum absolute atomic E-state index is 0.0750. The van der Waals surface area contributed by atoms with Gasteiger partial charge in [0, 0.05) is 37.2 Å². The van der Waals surface area contributed by atoms with Gasteiger partial charge in [0.2, 0.25) is 0 Å². The van der Waals surface area contributed by atoms with Crippen LogP contribution in [0.4, 0.5) is 4.79 Å². The highest BCUT2D eigenvalue weighted by molar-refractivity contribution is 5.67. The number of hydrogen-bond donors (Lipinski definition) is 2. The van der Waals surface area contributed by atoms with E-state index in [9.17, 15) is 4.79 Å². The van der Waals surface area contributed by atoms with Gasteiger partial charge in [0.05, 0.1) is 5.69 Å². The van der Waals surface area contributed by atoms with E-state index in [0.717, 1.165) is 18.5 Å². The summed E-state index contributed by atoms with van der Waals surface area (Å²) in [5.74, 6) is 0. The lowest BCUT2D eigenvalue weighted by Crippen LogP contribution is -2.52. The maximum atomic E-state index is 11.8. The summed E-state index contributed by atoms with van der Waals surface area (Å²) >= 11 is 0. The molecule has 122 valence electrons. The predicted molar refractivity (Wildman–Crippen MR) is 84.3 cm³/mol. The highest BCUT2D eigenvalue weighted by atomic mass is 16.6. The maximum absolute atomic E-state index is 11.8. The van der Waals surface area contributed by atoms with Gasteiger partial charge in [-0.1, -0.05) is 12.8 Å². The van der Waals surface area contributed by atoms with Crippen molar-refractivity contribution in [3.05, 3.63) is 24.3 Å². The Bertz CT molecular complexity index is 479.